The number of hydrogen-bond acceptors (Lipinski definition) is 4. The number of nitrogens with zero attached hydrogens (tertiary/aromatic N) is 1. The number of nitrogens with one attached hydrogen (secondary N) is 1. The van der Waals surface area contributed by atoms with Crippen molar-refractivity contribution in [2.45, 2.75) is 12.8 Å². The molecule has 3 rings (SSSR count). The molecule has 2 aromatic carbocycles. The van der Waals surface area contributed by atoms with Crippen LogP contribution in [0.3, 0.4) is 0 Å². The quantitative estimate of drug-likeness (QED) is 0.829. The molecule has 1 aliphatic heterocycles. The zero-order valence-corrected chi connectivity index (χ0v) is 15.6. The first kappa shape index (κ1) is 19.4. The van der Waals surface area contributed by atoms with E-state index in [2.05, 4.69) is 5.32 Å². The van der Waals surface area contributed by atoms with Crippen LogP contribution in [-0.4, -0.2) is 48.0 Å². The third-order valence-electron chi connectivity index (χ3n) is 4.89. The van der Waals surface area contributed by atoms with Crippen molar-refractivity contribution in [1.29, 1.82) is 0 Å². The van der Waals surface area contributed by atoms with Gasteiger partial charge in [-0.3, -0.25) is 14.4 Å². The number of amides is 2. The van der Waals surface area contributed by atoms with Crippen molar-refractivity contribution < 1.29 is 24.2 Å². The first-order chi connectivity index (χ1) is 13.5. The van der Waals surface area contributed by atoms with Gasteiger partial charge in [-0.1, -0.05) is 12.1 Å². The lowest BCUT2D eigenvalue weighted by Crippen LogP contribution is -2.40. The zero-order valence-electron chi connectivity index (χ0n) is 15.6. The van der Waals surface area contributed by atoms with Gasteiger partial charge < -0.3 is 20.1 Å². The summed E-state index contributed by atoms with van der Waals surface area (Å²) in [5.41, 5.74) is 1.26. The molecule has 2 N–H and O–H groups in total. The highest BCUT2D eigenvalue weighted by Crippen LogP contribution is 2.23. The molecule has 2 aromatic rings. The number of aliphatic carboxylic acids is 1. The molecule has 1 fully saturated rings. The summed E-state index contributed by atoms with van der Waals surface area (Å²) in [4.78, 5) is 38.2. The van der Waals surface area contributed by atoms with E-state index in [-0.39, 0.29) is 11.8 Å². The van der Waals surface area contributed by atoms with Crippen LogP contribution in [0.15, 0.2) is 48.5 Å². The Labute approximate surface area is 162 Å². The summed E-state index contributed by atoms with van der Waals surface area (Å²) in [7, 11) is 1.55. The first-order valence-electron chi connectivity index (χ1n) is 9.06. The fraction of sp³-hybridized carbons (Fsp3) is 0.286. The van der Waals surface area contributed by atoms with Crippen molar-refractivity contribution in [3.05, 3.63) is 59.7 Å². The summed E-state index contributed by atoms with van der Waals surface area (Å²) in [5.74, 6) is -1.12. The zero-order chi connectivity index (χ0) is 20.1. The van der Waals surface area contributed by atoms with Crippen LogP contribution in [-0.2, 0) is 4.79 Å². The van der Waals surface area contributed by atoms with E-state index in [4.69, 9.17) is 9.84 Å². The second-order valence-electron chi connectivity index (χ2n) is 6.63. The molecular weight excluding hydrogens is 360 g/mol. The predicted molar refractivity (Wildman–Crippen MR) is 104 cm³/mol. The number of benzene rings is 2. The molecule has 1 heterocycles. The van der Waals surface area contributed by atoms with Crippen molar-refractivity contribution in [1.82, 2.24) is 4.90 Å². The minimum Gasteiger partial charge on any atom is -0.497 e. The van der Waals surface area contributed by atoms with E-state index in [1.54, 1.807) is 60.5 Å². The second kappa shape index (κ2) is 8.56. The van der Waals surface area contributed by atoms with E-state index in [1.807, 2.05) is 0 Å². The summed E-state index contributed by atoms with van der Waals surface area (Å²) in [6.45, 7) is 0.771. The van der Waals surface area contributed by atoms with Crippen molar-refractivity contribution in [2.24, 2.45) is 5.92 Å². The third kappa shape index (κ3) is 4.31. The summed E-state index contributed by atoms with van der Waals surface area (Å²) in [6, 6.07) is 13.5. The highest BCUT2D eigenvalue weighted by atomic mass is 16.5. The average Bonchev–Trinajstić information content (AvgIpc) is 2.73. The first-order valence-corrected chi connectivity index (χ1v) is 9.06. The van der Waals surface area contributed by atoms with Gasteiger partial charge >= 0.3 is 5.97 Å². The lowest BCUT2D eigenvalue weighted by Gasteiger charge is -2.30. The van der Waals surface area contributed by atoms with Crippen LogP contribution in [0.25, 0.3) is 0 Å². The SMILES string of the molecule is COc1ccc(C(=O)Nc2ccccc2C(=O)N2CCC(C(=O)O)CC2)cc1. The number of methoxy groups -OCH3 is 1. The molecule has 1 saturated heterocycles. The topological polar surface area (TPSA) is 95.9 Å². The maximum Gasteiger partial charge on any atom is 0.306 e. The number of anilines is 1. The Kier molecular flexibility index (Phi) is 5.93. The molecule has 0 saturated carbocycles. The van der Waals surface area contributed by atoms with Crippen LogP contribution in [0.1, 0.15) is 33.6 Å². The standard InChI is InChI=1S/C21H22N2O5/c1-28-16-8-6-14(7-9-16)19(24)22-18-5-3-2-4-17(18)20(25)23-12-10-15(11-13-23)21(26)27/h2-9,15H,10-13H2,1H3,(H,22,24)(H,26,27). The molecule has 0 unspecified atom stereocenters. The molecule has 7 nitrogen and oxygen atoms in total. The van der Waals surface area contributed by atoms with Gasteiger partial charge in [-0.2, -0.15) is 0 Å². The number of carbonyl (C=O) groups excluding carboxylic acids is 2. The van der Waals surface area contributed by atoms with E-state index in [0.29, 0.717) is 48.5 Å². The summed E-state index contributed by atoms with van der Waals surface area (Å²) in [5, 5.41) is 11.9. The number of carboxylic acids is 1. The highest BCUT2D eigenvalue weighted by Gasteiger charge is 2.28. The van der Waals surface area contributed by atoms with E-state index in [0.717, 1.165) is 0 Å². The predicted octanol–water partition coefficient (Wildman–Crippen LogP) is 2.88. The Morgan fingerprint density at radius 3 is 2.29 bits per heavy atom. The number of carbonyl (C=O) groups is 3. The second-order valence-corrected chi connectivity index (χ2v) is 6.63. The maximum absolute atomic E-state index is 12.9. The molecule has 0 aliphatic carbocycles. The molecule has 0 spiro atoms. The molecule has 146 valence electrons. The van der Waals surface area contributed by atoms with Crippen LogP contribution >= 0.6 is 0 Å². The number of carboxylic acid groups (broad SMARTS) is 1. The number of piperidine rings is 1. The van der Waals surface area contributed by atoms with Crippen molar-refractivity contribution >= 4 is 23.5 Å². The van der Waals surface area contributed by atoms with Crippen LogP contribution < -0.4 is 10.1 Å². The van der Waals surface area contributed by atoms with Crippen molar-refractivity contribution in [2.75, 3.05) is 25.5 Å². The van der Waals surface area contributed by atoms with Crippen molar-refractivity contribution in [3.63, 3.8) is 0 Å². The van der Waals surface area contributed by atoms with Crippen LogP contribution in [0.4, 0.5) is 5.69 Å². The largest absolute Gasteiger partial charge is 0.497 e. The van der Waals surface area contributed by atoms with Crippen LogP contribution in [0.5, 0.6) is 5.75 Å². The number of likely N-dealkylation sites (tertiary alicyclic amines) is 1. The number of para-hydroxylation sites is 1. The maximum atomic E-state index is 12.9. The average molecular weight is 382 g/mol. The van der Waals surface area contributed by atoms with Gasteiger partial charge in [-0.25, -0.2) is 0 Å². The molecular formula is C21H22N2O5. The molecule has 0 radical (unpaired) electrons. The van der Waals surface area contributed by atoms with Crippen LogP contribution in [0.2, 0.25) is 0 Å². The summed E-state index contributed by atoms with van der Waals surface area (Å²) < 4.78 is 5.09. The molecule has 28 heavy (non-hydrogen) atoms. The fourth-order valence-corrected chi connectivity index (χ4v) is 3.22. The minimum absolute atomic E-state index is 0.213. The van der Waals surface area contributed by atoms with Gasteiger partial charge in [0.2, 0.25) is 0 Å². The molecule has 7 heteroatoms. The lowest BCUT2D eigenvalue weighted by molar-refractivity contribution is -0.143. The number of rotatable bonds is 5. The summed E-state index contributed by atoms with van der Waals surface area (Å²) in [6.07, 6.45) is 0.864. The van der Waals surface area contributed by atoms with E-state index < -0.39 is 11.9 Å². The van der Waals surface area contributed by atoms with E-state index in [9.17, 15) is 14.4 Å². The fourth-order valence-electron chi connectivity index (χ4n) is 3.22. The monoisotopic (exact) mass is 382 g/mol. The van der Waals surface area contributed by atoms with Gasteiger partial charge in [0.1, 0.15) is 5.75 Å². The molecule has 0 atom stereocenters. The Balaban J connectivity index is 1.73. The van der Waals surface area contributed by atoms with E-state index in [1.165, 1.54) is 0 Å². The Morgan fingerprint density at radius 2 is 1.68 bits per heavy atom. The van der Waals surface area contributed by atoms with Crippen molar-refractivity contribution in [3.8, 4) is 5.75 Å². The Hall–Kier alpha value is -3.35. The highest BCUT2D eigenvalue weighted by molar-refractivity contribution is 6.09. The Morgan fingerprint density at radius 1 is 1.04 bits per heavy atom. The lowest BCUT2D eigenvalue weighted by atomic mass is 9.96. The molecule has 0 bridgehead atoms. The van der Waals surface area contributed by atoms with E-state index >= 15 is 0 Å². The summed E-state index contributed by atoms with van der Waals surface area (Å²) >= 11 is 0. The normalized spacial score (nSPS) is 14.4. The van der Waals surface area contributed by atoms with Gasteiger partial charge in [0.25, 0.3) is 11.8 Å². The molecule has 0 aromatic heterocycles. The van der Waals surface area contributed by atoms with Gasteiger partial charge in [0, 0.05) is 18.7 Å². The van der Waals surface area contributed by atoms with Gasteiger partial charge in [-0.05, 0) is 49.2 Å². The minimum atomic E-state index is -0.820. The van der Waals surface area contributed by atoms with Gasteiger partial charge in [0.05, 0.1) is 24.3 Å². The van der Waals surface area contributed by atoms with Gasteiger partial charge in [0.15, 0.2) is 0 Å². The smallest absolute Gasteiger partial charge is 0.306 e. The molecule has 2 amide bonds. The Bertz CT molecular complexity index is 871. The number of hydrogen-bond donors (Lipinski definition) is 2. The molecule has 1 aliphatic rings. The number of ether oxygens (including phenoxy) is 1. The van der Waals surface area contributed by atoms with Crippen LogP contribution in [0, 0.1) is 5.92 Å². The third-order valence-corrected chi connectivity index (χ3v) is 4.89. The van der Waals surface area contributed by atoms with Gasteiger partial charge in [-0.15, -0.1) is 0 Å².